The van der Waals surface area contributed by atoms with Crippen LogP contribution < -0.4 is 11.1 Å². The standard InChI is InChI=1S/C19H22ClF5N4O2/c1-17(15(30)27-8-9-29(17)16(26)31)13(10-4-6-18(21,22)7-5-10)12-3-2-11(20)14(28-12)19(23,24)25/h2-3,10,13H,4-9H2,1H3,(H2,26,31)(H,27,30)/t13-,17?/m0/s1. The predicted octanol–water partition coefficient (Wildman–Crippen LogP) is 3.93. The Morgan fingerprint density at radius 1 is 1.32 bits per heavy atom. The molecule has 2 atom stereocenters. The summed E-state index contributed by atoms with van der Waals surface area (Å²) in [5, 5.41) is 1.98. The Hall–Kier alpha value is -2.17. The summed E-state index contributed by atoms with van der Waals surface area (Å²) >= 11 is 5.69. The van der Waals surface area contributed by atoms with Crippen molar-refractivity contribution < 1.29 is 31.5 Å². The Kier molecular flexibility index (Phi) is 6.11. The van der Waals surface area contributed by atoms with Gasteiger partial charge < -0.3 is 16.0 Å². The second-order valence-electron chi connectivity index (χ2n) is 8.13. The van der Waals surface area contributed by atoms with Gasteiger partial charge >= 0.3 is 12.2 Å². The maximum atomic E-state index is 13.8. The van der Waals surface area contributed by atoms with Crippen LogP contribution in [0.3, 0.4) is 0 Å². The SMILES string of the molecule is CC1([C@H](c2ccc(Cl)c(C(F)(F)F)n2)C2CCC(F)(F)CC2)C(=O)NCCN1C(N)=O. The molecule has 3 rings (SSSR count). The first-order chi connectivity index (χ1) is 14.3. The molecule has 12 heteroatoms. The molecule has 1 saturated heterocycles. The molecule has 1 saturated carbocycles. The summed E-state index contributed by atoms with van der Waals surface area (Å²) in [6.45, 7) is 1.51. The second kappa shape index (κ2) is 8.07. The molecule has 3 N–H and O–H groups in total. The minimum absolute atomic E-state index is 0.0245. The van der Waals surface area contributed by atoms with Gasteiger partial charge in [-0.1, -0.05) is 11.6 Å². The van der Waals surface area contributed by atoms with E-state index in [1.165, 1.54) is 13.0 Å². The van der Waals surface area contributed by atoms with E-state index in [2.05, 4.69) is 10.3 Å². The summed E-state index contributed by atoms with van der Waals surface area (Å²) in [5.41, 5.74) is 2.27. The zero-order chi connectivity index (χ0) is 23.2. The van der Waals surface area contributed by atoms with Gasteiger partial charge in [-0.3, -0.25) is 4.79 Å². The quantitative estimate of drug-likeness (QED) is 0.659. The average molecular weight is 469 g/mol. The van der Waals surface area contributed by atoms with Crippen molar-refractivity contribution in [3.8, 4) is 0 Å². The topological polar surface area (TPSA) is 88.3 Å². The largest absolute Gasteiger partial charge is 0.434 e. The molecular weight excluding hydrogens is 447 g/mol. The summed E-state index contributed by atoms with van der Waals surface area (Å²) in [6.07, 6.45) is -5.95. The number of primary amides is 1. The highest BCUT2D eigenvalue weighted by Crippen LogP contribution is 2.49. The Morgan fingerprint density at radius 2 is 1.94 bits per heavy atom. The van der Waals surface area contributed by atoms with Crippen LogP contribution in [0.5, 0.6) is 0 Å². The van der Waals surface area contributed by atoms with Crippen LogP contribution in [0.1, 0.15) is 49.9 Å². The number of carbonyl (C=O) groups excluding carboxylic acids is 2. The molecule has 6 nitrogen and oxygen atoms in total. The molecule has 0 radical (unpaired) electrons. The van der Waals surface area contributed by atoms with Gasteiger partial charge in [0.1, 0.15) is 5.54 Å². The lowest BCUT2D eigenvalue weighted by molar-refractivity contribution is -0.141. The van der Waals surface area contributed by atoms with Gasteiger partial charge in [-0.15, -0.1) is 0 Å². The van der Waals surface area contributed by atoms with Crippen LogP contribution in [0.25, 0.3) is 0 Å². The second-order valence-corrected chi connectivity index (χ2v) is 8.54. The van der Waals surface area contributed by atoms with Crippen molar-refractivity contribution >= 4 is 23.5 Å². The van der Waals surface area contributed by atoms with Crippen molar-refractivity contribution in [2.75, 3.05) is 13.1 Å². The number of urea groups is 1. The van der Waals surface area contributed by atoms with Crippen LogP contribution in [-0.4, -0.2) is 46.4 Å². The third-order valence-corrected chi connectivity index (χ3v) is 6.51. The van der Waals surface area contributed by atoms with Crippen LogP contribution in [-0.2, 0) is 11.0 Å². The molecule has 31 heavy (non-hydrogen) atoms. The fraction of sp³-hybridized carbons (Fsp3) is 0.632. The highest BCUT2D eigenvalue weighted by atomic mass is 35.5. The number of amides is 3. The van der Waals surface area contributed by atoms with Crippen molar-refractivity contribution in [2.24, 2.45) is 11.7 Å². The normalized spacial score (nSPS) is 25.8. The Balaban J connectivity index is 2.16. The van der Waals surface area contributed by atoms with E-state index < -0.39 is 65.0 Å². The van der Waals surface area contributed by atoms with Crippen molar-refractivity contribution in [2.45, 2.75) is 56.2 Å². The van der Waals surface area contributed by atoms with Crippen LogP contribution >= 0.6 is 11.6 Å². The number of nitrogens with two attached hydrogens (primary N) is 1. The predicted molar refractivity (Wildman–Crippen MR) is 102 cm³/mol. The number of piperazine rings is 1. The maximum absolute atomic E-state index is 13.8. The van der Waals surface area contributed by atoms with Gasteiger partial charge in [0.25, 0.3) is 0 Å². The van der Waals surface area contributed by atoms with Crippen molar-refractivity contribution in [1.82, 2.24) is 15.2 Å². The highest BCUT2D eigenvalue weighted by Gasteiger charge is 2.55. The van der Waals surface area contributed by atoms with E-state index in [-0.39, 0.29) is 31.6 Å². The third-order valence-electron chi connectivity index (χ3n) is 6.20. The van der Waals surface area contributed by atoms with Crippen molar-refractivity contribution in [3.05, 3.63) is 28.5 Å². The number of hydrogen-bond donors (Lipinski definition) is 2. The Morgan fingerprint density at radius 3 is 2.48 bits per heavy atom. The fourth-order valence-electron chi connectivity index (χ4n) is 4.68. The molecule has 2 heterocycles. The molecule has 1 aromatic rings. The van der Waals surface area contributed by atoms with Gasteiger partial charge in [0.2, 0.25) is 11.8 Å². The van der Waals surface area contributed by atoms with Crippen LogP contribution in [0.4, 0.5) is 26.7 Å². The van der Waals surface area contributed by atoms with Crippen molar-refractivity contribution in [1.29, 1.82) is 0 Å². The van der Waals surface area contributed by atoms with E-state index in [9.17, 15) is 31.5 Å². The summed E-state index contributed by atoms with van der Waals surface area (Å²) in [7, 11) is 0. The third kappa shape index (κ3) is 4.42. The van der Waals surface area contributed by atoms with Crippen LogP contribution in [0.15, 0.2) is 12.1 Å². The molecule has 0 bridgehead atoms. The minimum atomic E-state index is -4.86. The summed E-state index contributed by atoms with van der Waals surface area (Å²) in [5.74, 6) is -5.27. The highest BCUT2D eigenvalue weighted by molar-refractivity contribution is 6.31. The number of aromatic nitrogens is 1. The molecule has 2 fully saturated rings. The van der Waals surface area contributed by atoms with Gasteiger partial charge in [0.15, 0.2) is 5.69 Å². The first kappa shape index (κ1) is 23.5. The Labute approximate surface area is 180 Å². The lowest BCUT2D eigenvalue weighted by Crippen LogP contribution is -2.69. The molecule has 1 aromatic heterocycles. The molecule has 1 unspecified atom stereocenters. The van der Waals surface area contributed by atoms with Gasteiger partial charge in [-0.25, -0.2) is 18.6 Å². The molecular formula is C19H22ClF5N4O2. The Bertz CT molecular complexity index is 871. The fourth-order valence-corrected chi connectivity index (χ4v) is 4.89. The molecule has 0 aromatic carbocycles. The molecule has 0 spiro atoms. The number of nitrogens with one attached hydrogen (secondary N) is 1. The first-order valence-corrected chi connectivity index (χ1v) is 10.1. The lowest BCUT2D eigenvalue weighted by atomic mass is 9.67. The summed E-state index contributed by atoms with van der Waals surface area (Å²) in [6, 6.07) is 1.31. The zero-order valence-corrected chi connectivity index (χ0v) is 17.4. The van der Waals surface area contributed by atoms with Gasteiger partial charge in [0.05, 0.1) is 5.02 Å². The lowest BCUT2D eigenvalue weighted by Gasteiger charge is -2.50. The van der Waals surface area contributed by atoms with E-state index in [1.807, 2.05) is 0 Å². The summed E-state index contributed by atoms with van der Waals surface area (Å²) < 4.78 is 67.9. The maximum Gasteiger partial charge on any atom is 0.434 e. The van der Waals surface area contributed by atoms with E-state index in [0.717, 1.165) is 11.0 Å². The molecule has 2 aliphatic rings. The zero-order valence-electron chi connectivity index (χ0n) is 16.6. The first-order valence-electron chi connectivity index (χ1n) is 9.74. The number of alkyl halides is 5. The van der Waals surface area contributed by atoms with E-state index >= 15 is 0 Å². The van der Waals surface area contributed by atoms with Crippen molar-refractivity contribution in [3.63, 3.8) is 0 Å². The van der Waals surface area contributed by atoms with E-state index in [1.54, 1.807) is 0 Å². The van der Waals surface area contributed by atoms with Crippen LogP contribution in [0.2, 0.25) is 5.02 Å². The monoisotopic (exact) mass is 468 g/mol. The van der Waals surface area contributed by atoms with Crippen LogP contribution in [0, 0.1) is 5.92 Å². The smallest absolute Gasteiger partial charge is 0.352 e. The molecule has 1 aliphatic heterocycles. The number of rotatable bonds is 3. The number of halogens is 6. The number of carbonyl (C=O) groups is 2. The molecule has 1 aliphatic carbocycles. The van der Waals surface area contributed by atoms with Gasteiger partial charge in [-0.2, -0.15) is 13.2 Å². The number of hydrogen-bond acceptors (Lipinski definition) is 3. The van der Waals surface area contributed by atoms with E-state index in [4.69, 9.17) is 17.3 Å². The van der Waals surface area contributed by atoms with Gasteiger partial charge in [-0.05, 0) is 37.8 Å². The van der Waals surface area contributed by atoms with E-state index in [0.29, 0.717) is 0 Å². The number of pyridine rings is 1. The number of nitrogens with zero attached hydrogens (tertiary/aromatic N) is 2. The minimum Gasteiger partial charge on any atom is -0.352 e. The molecule has 172 valence electrons. The summed E-state index contributed by atoms with van der Waals surface area (Å²) in [4.78, 5) is 29.9. The average Bonchev–Trinajstić information content (AvgIpc) is 2.65. The van der Waals surface area contributed by atoms with Gasteiger partial charge in [0, 0.05) is 37.5 Å². The molecule has 3 amide bonds.